The van der Waals surface area contributed by atoms with E-state index in [0.29, 0.717) is 11.3 Å². The van der Waals surface area contributed by atoms with Crippen molar-refractivity contribution in [2.24, 2.45) is 0 Å². The van der Waals surface area contributed by atoms with Gasteiger partial charge in [0, 0.05) is 24.7 Å². The lowest BCUT2D eigenvalue weighted by atomic mass is 10.2. The highest BCUT2D eigenvalue weighted by molar-refractivity contribution is 5.95. The van der Waals surface area contributed by atoms with Crippen molar-refractivity contribution in [1.29, 1.82) is 0 Å². The van der Waals surface area contributed by atoms with Crippen molar-refractivity contribution < 1.29 is 14.7 Å². The van der Waals surface area contributed by atoms with Crippen LogP contribution in [-0.2, 0) is 4.79 Å². The molecule has 5 heteroatoms. The van der Waals surface area contributed by atoms with Crippen LogP contribution in [0, 0.1) is 0 Å². The van der Waals surface area contributed by atoms with Gasteiger partial charge in [0.2, 0.25) is 5.91 Å². The molecule has 0 aliphatic heterocycles. The number of aliphatic hydroxyl groups excluding tert-OH is 1. The Balaban J connectivity index is 2.60. The smallest absolute Gasteiger partial charge is 0.251 e. The molecule has 1 atom stereocenters. The minimum absolute atomic E-state index is 0.156. The average Bonchev–Trinajstić information content (AvgIpc) is 2.26. The van der Waals surface area contributed by atoms with Crippen LogP contribution in [0.25, 0.3) is 0 Å². The first-order valence-electron chi connectivity index (χ1n) is 5.33. The Morgan fingerprint density at radius 3 is 2.35 bits per heavy atom. The second-order valence-electron chi connectivity index (χ2n) is 3.82. The molecule has 1 aromatic rings. The van der Waals surface area contributed by atoms with Gasteiger partial charge in [0.1, 0.15) is 0 Å². The monoisotopic (exact) mass is 236 g/mol. The van der Waals surface area contributed by atoms with E-state index in [-0.39, 0.29) is 18.4 Å². The van der Waals surface area contributed by atoms with E-state index in [1.165, 1.54) is 6.92 Å². The summed E-state index contributed by atoms with van der Waals surface area (Å²) in [6, 6.07) is 6.53. The molecule has 17 heavy (non-hydrogen) atoms. The SMILES string of the molecule is CC(=O)Nc1ccc(C(=O)NC[C@@H](C)O)cc1. The molecule has 3 N–H and O–H groups in total. The minimum Gasteiger partial charge on any atom is -0.392 e. The Kier molecular flexibility index (Phi) is 4.66. The number of benzene rings is 1. The van der Waals surface area contributed by atoms with Crippen LogP contribution >= 0.6 is 0 Å². The molecule has 0 saturated heterocycles. The highest BCUT2D eigenvalue weighted by atomic mass is 16.3. The summed E-state index contributed by atoms with van der Waals surface area (Å²) >= 11 is 0. The van der Waals surface area contributed by atoms with Crippen molar-refractivity contribution in [2.75, 3.05) is 11.9 Å². The molecule has 0 spiro atoms. The Morgan fingerprint density at radius 1 is 1.29 bits per heavy atom. The van der Waals surface area contributed by atoms with E-state index in [0.717, 1.165) is 0 Å². The Morgan fingerprint density at radius 2 is 1.88 bits per heavy atom. The zero-order chi connectivity index (χ0) is 12.8. The third-order valence-electron chi connectivity index (χ3n) is 2.03. The lowest BCUT2D eigenvalue weighted by molar-refractivity contribution is -0.114. The van der Waals surface area contributed by atoms with Gasteiger partial charge in [0.25, 0.3) is 5.91 Å². The van der Waals surface area contributed by atoms with Crippen molar-refractivity contribution in [3.8, 4) is 0 Å². The summed E-state index contributed by atoms with van der Waals surface area (Å²) in [5.41, 5.74) is 1.13. The maximum atomic E-state index is 11.6. The molecule has 0 fully saturated rings. The van der Waals surface area contributed by atoms with Gasteiger partial charge in [-0.2, -0.15) is 0 Å². The van der Waals surface area contributed by atoms with E-state index >= 15 is 0 Å². The zero-order valence-electron chi connectivity index (χ0n) is 9.86. The first-order valence-corrected chi connectivity index (χ1v) is 5.33. The van der Waals surface area contributed by atoms with Crippen LogP contribution in [-0.4, -0.2) is 29.6 Å². The topological polar surface area (TPSA) is 78.4 Å². The lowest BCUT2D eigenvalue weighted by Crippen LogP contribution is -2.30. The van der Waals surface area contributed by atoms with E-state index in [1.54, 1.807) is 31.2 Å². The van der Waals surface area contributed by atoms with Crippen LogP contribution in [0.2, 0.25) is 0 Å². The molecule has 1 rings (SSSR count). The molecule has 0 aliphatic carbocycles. The van der Waals surface area contributed by atoms with Crippen LogP contribution in [0.15, 0.2) is 24.3 Å². The number of carbonyl (C=O) groups is 2. The normalized spacial score (nSPS) is 11.7. The molecular formula is C12H16N2O3. The predicted molar refractivity (Wildman–Crippen MR) is 64.8 cm³/mol. The zero-order valence-corrected chi connectivity index (χ0v) is 9.86. The van der Waals surface area contributed by atoms with Crippen LogP contribution < -0.4 is 10.6 Å². The van der Waals surface area contributed by atoms with Gasteiger partial charge >= 0.3 is 0 Å². The van der Waals surface area contributed by atoms with Crippen molar-refractivity contribution in [2.45, 2.75) is 20.0 Å². The molecule has 0 radical (unpaired) electrons. The fourth-order valence-electron chi connectivity index (χ4n) is 1.25. The second-order valence-corrected chi connectivity index (χ2v) is 3.82. The number of hydrogen-bond acceptors (Lipinski definition) is 3. The number of rotatable bonds is 4. The van der Waals surface area contributed by atoms with Crippen LogP contribution in [0.1, 0.15) is 24.2 Å². The molecule has 0 aromatic heterocycles. The van der Waals surface area contributed by atoms with Crippen LogP contribution in [0.5, 0.6) is 0 Å². The Bertz CT molecular complexity index is 399. The molecule has 0 saturated carbocycles. The number of nitrogens with one attached hydrogen (secondary N) is 2. The highest BCUT2D eigenvalue weighted by Gasteiger charge is 2.06. The Labute approximate surface area is 99.8 Å². The molecule has 0 bridgehead atoms. The molecule has 1 aromatic carbocycles. The molecule has 2 amide bonds. The molecular weight excluding hydrogens is 220 g/mol. The largest absolute Gasteiger partial charge is 0.392 e. The van der Waals surface area contributed by atoms with Gasteiger partial charge in [0.15, 0.2) is 0 Å². The van der Waals surface area contributed by atoms with E-state index in [9.17, 15) is 9.59 Å². The fraction of sp³-hybridized carbons (Fsp3) is 0.333. The number of anilines is 1. The molecule has 0 unspecified atom stereocenters. The number of carbonyl (C=O) groups excluding carboxylic acids is 2. The van der Waals surface area contributed by atoms with Gasteiger partial charge in [-0.25, -0.2) is 0 Å². The predicted octanol–water partition coefficient (Wildman–Crippen LogP) is 0.756. The summed E-state index contributed by atoms with van der Waals surface area (Å²) in [6.07, 6.45) is -0.572. The van der Waals surface area contributed by atoms with Gasteiger partial charge in [-0.3, -0.25) is 9.59 Å². The van der Waals surface area contributed by atoms with E-state index in [4.69, 9.17) is 5.11 Å². The van der Waals surface area contributed by atoms with Crippen molar-refractivity contribution in [3.05, 3.63) is 29.8 Å². The molecule has 0 aliphatic rings. The third-order valence-corrected chi connectivity index (χ3v) is 2.03. The second kappa shape index (κ2) is 6.00. The average molecular weight is 236 g/mol. The quantitative estimate of drug-likeness (QED) is 0.722. The highest BCUT2D eigenvalue weighted by Crippen LogP contribution is 2.09. The van der Waals surface area contributed by atoms with E-state index in [2.05, 4.69) is 10.6 Å². The summed E-state index contributed by atoms with van der Waals surface area (Å²) in [5.74, 6) is -0.406. The molecule has 5 nitrogen and oxygen atoms in total. The van der Waals surface area contributed by atoms with Crippen LogP contribution in [0.4, 0.5) is 5.69 Å². The van der Waals surface area contributed by atoms with Gasteiger partial charge in [0.05, 0.1) is 6.10 Å². The fourth-order valence-corrected chi connectivity index (χ4v) is 1.25. The Hall–Kier alpha value is -1.88. The van der Waals surface area contributed by atoms with E-state index in [1.807, 2.05) is 0 Å². The van der Waals surface area contributed by atoms with Gasteiger partial charge in [-0.15, -0.1) is 0 Å². The lowest BCUT2D eigenvalue weighted by Gasteiger charge is -2.07. The van der Waals surface area contributed by atoms with E-state index < -0.39 is 6.10 Å². The minimum atomic E-state index is -0.572. The number of hydrogen-bond donors (Lipinski definition) is 3. The van der Waals surface area contributed by atoms with Gasteiger partial charge in [-0.05, 0) is 31.2 Å². The van der Waals surface area contributed by atoms with Gasteiger partial charge in [-0.1, -0.05) is 0 Å². The first kappa shape index (κ1) is 13.2. The summed E-state index contributed by atoms with van der Waals surface area (Å²) in [4.78, 5) is 22.4. The standard InChI is InChI=1S/C12H16N2O3/c1-8(15)7-13-12(17)10-3-5-11(6-4-10)14-9(2)16/h3-6,8,15H,7H2,1-2H3,(H,13,17)(H,14,16)/t8-/m1/s1. The van der Waals surface area contributed by atoms with Gasteiger partial charge < -0.3 is 15.7 Å². The number of aliphatic hydroxyl groups is 1. The number of amides is 2. The summed E-state index contributed by atoms with van der Waals surface area (Å²) < 4.78 is 0. The van der Waals surface area contributed by atoms with Crippen LogP contribution in [0.3, 0.4) is 0 Å². The maximum Gasteiger partial charge on any atom is 0.251 e. The molecule has 0 heterocycles. The molecule has 92 valence electrons. The first-order chi connectivity index (χ1) is 7.99. The van der Waals surface area contributed by atoms with Crippen molar-refractivity contribution >= 4 is 17.5 Å². The maximum absolute atomic E-state index is 11.6. The summed E-state index contributed by atoms with van der Waals surface area (Å²) in [6.45, 7) is 3.23. The summed E-state index contributed by atoms with van der Waals surface area (Å²) in [5, 5.41) is 14.2. The summed E-state index contributed by atoms with van der Waals surface area (Å²) in [7, 11) is 0. The van der Waals surface area contributed by atoms with Crippen molar-refractivity contribution in [1.82, 2.24) is 5.32 Å². The van der Waals surface area contributed by atoms with Crippen molar-refractivity contribution in [3.63, 3.8) is 0 Å². The third kappa shape index (κ3) is 4.65.